The molecule has 0 bridgehead atoms. The molecule has 0 saturated carbocycles. The minimum Gasteiger partial charge on any atom is -0.133 e. The summed E-state index contributed by atoms with van der Waals surface area (Å²) in [6.45, 7) is 0. The predicted octanol–water partition coefficient (Wildman–Crippen LogP) is 4.05. The van der Waals surface area contributed by atoms with E-state index in [0.29, 0.717) is 0 Å². The molecule has 62 valence electrons. The van der Waals surface area contributed by atoms with E-state index in [0.717, 1.165) is 8.42 Å². The molecule has 0 aromatic carbocycles. The number of hydrogen-bond donors (Lipinski definition) is 2. The van der Waals surface area contributed by atoms with Crippen LogP contribution in [0.15, 0.2) is 32.7 Å². The van der Waals surface area contributed by atoms with Crippen molar-refractivity contribution in [3.8, 4) is 9.75 Å². The maximum absolute atomic E-state index is 4.27. The highest BCUT2D eigenvalue weighted by molar-refractivity contribution is 7.83. The average Bonchev–Trinajstić information content (AvgIpc) is 2.58. The third-order valence-electron chi connectivity index (χ3n) is 1.43. The van der Waals surface area contributed by atoms with Crippen LogP contribution < -0.4 is 0 Å². The van der Waals surface area contributed by atoms with Gasteiger partial charge in [0.2, 0.25) is 0 Å². The summed E-state index contributed by atoms with van der Waals surface area (Å²) < 4.78 is 2.11. The zero-order valence-electron chi connectivity index (χ0n) is 6.02. The van der Waals surface area contributed by atoms with Gasteiger partial charge in [0.25, 0.3) is 0 Å². The van der Waals surface area contributed by atoms with Crippen LogP contribution in [0.1, 0.15) is 0 Å². The summed E-state index contributed by atoms with van der Waals surface area (Å²) in [6, 6.07) is 8.21. The second-order valence-electron chi connectivity index (χ2n) is 2.28. The summed E-state index contributed by atoms with van der Waals surface area (Å²) in [5.74, 6) is 0. The van der Waals surface area contributed by atoms with Crippen molar-refractivity contribution in [1.29, 1.82) is 0 Å². The summed E-state index contributed by atoms with van der Waals surface area (Å²) in [6.07, 6.45) is 0. The zero-order chi connectivity index (χ0) is 8.55. The highest BCUT2D eigenvalue weighted by atomic mass is 32.2. The fraction of sp³-hybridized carbons (Fsp3) is 0. The van der Waals surface area contributed by atoms with E-state index >= 15 is 0 Å². The third-order valence-corrected chi connectivity index (χ3v) is 4.24. The second-order valence-corrected chi connectivity index (χ2v) is 6.01. The van der Waals surface area contributed by atoms with Gasteiger partial charge in [-0.1, -0.05) is 0 Å². The molecule has 2 heterocycles. The lowest BCUT2D eigenvalue weighted by molar-refractivity contribution is 1.75. The van der Waals surface area contributed by atoms with Crippen molar-refractivity contribution in [2.24, 2.45) is 0 Å². The lowest BCUT2D eigenvalue weighted by Gasteiger charge is -1.86. The summed E-state index contributed by atoms with van der Waals surface area (Å²) in [5, 5.41) is 0. The Labute approximate surface area is 90.1 Å². The van der Waals surface area contributed by atoms with Crippen LogP contribution in [0.2, 0.25) is 0 Å². The third kappa shape index (κ3) is 1.71. The van der Waals surface area contributed by atoms with Gasteiger partial charge in [-0.05, 0) is 24.3 Å². The molecule has 0 aliphatic heterocycles. The predicted molar refractivity (Wildman–Crippen MR) is 62.1 cm³/mol. The first-order valence-electron chi connectivity index (χ1n) is 3.34. The molecule has 0 unspecified atom stereocenters. The van der Waals surface area contributed by atoms with E-state index in [1.54, 1.807) is 22.7 Å². The first-order valence-corrected chi connectivity index (χ1v) is 5.86. The molecule has 0 N–H and O–H groups in total. The van der Waals surface area contributed by atoms with E-state index in [2.05, 4.69) is 37.4 Å². The highest BCUT2D eigenvalue weighted by Gasteiger charge is 2.02. The molecule has 0 nitrogen and oxygen atoms in total. The van der Waals surface area contributed by atoms with Crippen LogP contribution in [-0.2, 0) is 0 Å². The summed E-state index contributed by atoms with van der Waals surface area (Å²) in [5.41, 5.74) is 0. The fourth-order valence-electron chi connectivity index (χ4n) is 0.920. The Kier molecular flexibility index (Phi) is 2.50. The molecule has 4 heteroatoms. The second kappa shape index (κ2) is 3.46. The first kappa shape index (κ1) is 8.69. The molecule has 0 fully saturated rings. The van der Waals surface area contributed by atoms with Crippen molar-refractivity contribution in [3.05, 3.63) is 24.3 Å². The molecule has 0 spiro atoms. The molecule has 0 aliphatic rings. The number of rotatable bonds is 1. The average molecular weight is 230 g/mol. The van der Waals surface area contributed by atoms with Gasteiger partial charge >= 0.3 is 0 Å². The van der Waals surface area contributed by atoms with Crippen molar-refractivity contribution in [2.45, 2.75) is 8.42 Å². The highest BCUT2D eigenvalue weighted by Crippen LogP contribution is 2.35. The lowest BCUT2D eigenvalue weighted by Crippen LogP contribution is -1.55. The normalized spacial score (nSPS) is 10.5. The molecule has 0 aliphatic carbocycles. The number of thiophene rings is 2. The van der Waals surface area contributed by atoms with Crippen LogP contribution in [0.4, 0.5) is 0 Å². The van der Waals surface area contributed by atoms with Crippen molar-refractivity contribution in [2.75, 3.05) is 0 Å². The summed E-state index contributed by atoms with van der Waals surface area (Å²) >= 11 is 11.9. The molecular formula is C8H6S4. The topological polar surface area (TPSA) is 0 Å². The maximum atomic E-state index is 4.27. The van der Waals surface area contributed by atoms with Crippen LogP contribution in [0.5, 0.6) is 0 Å². The van der Waals surface area contributed by atoms with Crippen molar-refractivity contribution < 1.29 is 0 Å². The van der Waals surface area contributed by atoms with Crippen LogP contribution in [0, 0.1) is 0 Å². The Morgan fingerprint density at radius 1 is 0.750 bits per heavy atom. The van der Waals surface area contributed by atoms with E-state index in [1.807, 2.05) is 12.1 Å². The van der Waals surface area contributed by atoms with Gasteiger partial charge in [-0.2, -0.15) is 0 Å². The molecule has 0 amide bonds. The van der Waals surface area contributed by atoms with Gasteiger partial charge < -0.3 is 0 Å². The largest absolute Gasteiger partial charge is 0.133 e. The van der Waals surface area contributed by atoms with Gasteiger partial charge in [0, 0.05) is 9.75 Å². The van der Waals surface area contributed by atoms with Gasteiger partial charge in [-0.15, -0.1) is 47.9 Å². The molecule has 0 radical (unpaired) electrons. The maximum Gasteiger partial charge on any atom is 0.0574 e. The van der Waals surface area contributed by atoms with Crippen LogP contribution in [-0.4, -0.2) is 0 Å². The quantitative estimate of drug-likeness (QED) is 0.678. The Bertz CT molecular complexity index is 347. The Balaban J connectivity index is 2.43. The SMILES string of the molecule is Sc1ccc(-c2ccc(S)s2)s1. The Morgan fingerprint density at radius 2 is 1.17 bits per heavy atom. The van der Waals surface area contributed by atoms with Crippen molar-refractivity contribution >= 4 is 47.9 Å². The Hall–Kier alpha value is 0.1000. The molecule has 2 aromatic heterocycles. The smallest absolute Gasteiger partial charge is 0.0574 e. The van der Waals surface area contributed by atoms with Crippen molar-refractivity contribution in [1.82, 2.24) is 0 Å². The minimum atomic E-state index is 1.05. The molecule has 2 rings (SSSR count). The van der Waals surface area contributed by atoms with E-state index in [1.165, 1.54) is 9.75 Å². The molecule has 12 heavy (non-hydrogen) atoms. The number of hydrogen-bond acceptors (Lipinski definition) is 4. The standard InChI is InChI=1S/C8H6S4/c9-7-3-1-5(11-7)6-2-4-8(10)12-6/h1-4,9-10H. The molecule has 0 saturated heterocycles. The summed E-state index contributed by atoms with van der Waals surface area (Å²) in [7, 11) is 0. The van der Waals surface area contributed by atoms with Gasteiger partial charge in [0.1, 0.15) is 0 Å². The van der Waals surface area contributed by atoms with E-state index < -0.39 is 0 Å². The lowest BCUT2D eigenvalue weighted by atomic mass is 10.4. The van der Waals surface area contributed by atoms with Gasteiger partial charge in [0.05, 0.1) is 8.42 Å². The van der Waals surface area contributed by atoms with E-state index in [4.69, 9.17) is 0 Å². The van der Waals surface area contributed by atoms with Gasteiger partial charge in [-0.3, -0.25) is 0 Å². The van der Waals surface area contributed by atoms with E-state index in [-0.39, 0.29) is 0 Å². The fourth-order valence-corrected chi connectivity index (χ4v) is 3.24. The van der Waals surface area contributed by atoms with Gasteiger partial charge in [0.15, 0.2) is 0 Å². The van der Waals surface area contributed by atoms with Crippen LogP contribution in [0.25, 0.3) is 9.75 Å². The molecule has 2 aromatic rings. The van der Waals surface area contributed by atoms with Crippen molar-refractivity contribution in [3.63, 3.8) is 0 Å². The summed E-state index contributed by atoms with van der Waals surface area (Å²) in [4.78, 5) is 2.54. The van der Waals surface area contributed by atoms with Crippen LogP contribution >= 0.6 is 47.9 Å². The molecular weight excluding hydrogens is 224 g/mol. The van der Waals surface area contributed by atoms with Gasteiger partial charge in [-0.25, -0.2) is 0 Å². The minimum absolute atomic E-state index is 1.05. The Morgan fingerprint density at radius 3 is 1.42 bits per heavy atom. The molecule has 0 atom stereocenters. The first-order chi connectivity index (χ1) is 5.75. The number of thiol groups is 2. The van der Waals surface area contributed by atoms with E-state index in [9.17, 15) is 0 Å². The monoisotopic (exact) mass is 230 g/mol. The zero-order valence-corrected chi connectivity index (χ0v) is 9.44. The van der Waals surface area contributed by atoms with Crippen LogP contribution in [0.3, 0.4) is 0 Å².